The molecule has 0 bridgehead atoms. The highest BCUT2D eigenvalue weighted by atomic mass is 16.6. The number of unbranched alkanes of at least 4 members (excludes halogenated alkanes) is 23. The number of carbonyl (C=O) groups excluding carboxylic acids is 3. The number of hydrogen-bond acceptors (Lipinski definition) is 6. The summed E-state index contributed by atoms with van der Waals surface area (Å²) in [4.78, 5) is 38.4. The Kier molecular flexibility index (Phi) is 65.4. The van der Waals surface area contributed by atoms with Gasteiger partial charge < -0.3 is 14.2 Å². The molecule has 0 spiro atoms. The fourth-order valence-electron chi connectivity index (χ4n) is 8.91. The van der Waals surface area contributed by atoms with Gasteiger partial charge in [-0.15, -0.1) is 0 Å². The minimum Gasteiger partial charge on any atom is -0.462 e. The van der Waals surface area contributed by atoms with Crippen molar-refractivity contribution < 1.29 is 28.6 Å². The van der Waals surface area contributed by atoms with E-state index in [-0.39, 0.29) is 31.1 Å². The highest BCUT2D eigenvalue weighted by Crippen LogP contribution is 2.15. The molecular weight excluding hydrogens is 1020 g/mol. The van der Waals surface area contributed by atoms with Gasteiger partial charge in [0.15, 0.2) is 6.10 Å². The molecular formula is C77H124O6. The zero-order valence-electron chi connectivity index (χ0n) is 53.7. The van der Waals surface area contributed by atoms with Crippen LogP contribution in [-0.4, -0.2) is 37.2 Å². The average Bonchev–Trinajstić information content (AvgIpc) is 3.49. The zero-order valence-corrected chi connectivity index (χ0v) is 53.7. The summed E-state index contributed by atoms with van der Waals surface area (Å²) in [7, 11) is 0. The number of allylic oxidation sites excluding steroid dienone is 26. The average molecular weight is 1150 g/mol. The summed E-state index contributed by atoms with van der Waals surface area (Å²) in [5, 5.41) is 0. The maximum Gasteiger partial charge on any atom is 0.306 e. The van der Waals surface area contributed by atoms with Gasteiger partial charge in [0.2, 0.25) is 0 Å². The Morgan fingerprint density at radius 3 is 0.783 bits per heavy atom. The van der Waals surface area contributed by atoms with Crippen LogP contribution < -0.4 is 0 Å². The van der Waals surface area contributed by atoms with E-state index in [0.717, 1.165) is 173 Å². The van der Waals surface area contributed by atoms with E-state index in [1.165, 1.54) is 77.0 Å². The van der Waals surface area contributed by atoms with Gasteiger partial charge in [-0.2, -0.15) is 0 Å². The van der Waals surface area contributed by atoms with E-state index < -0.39 is 6.10 Å². The summed E-state index contributed by atoms with van der Waals surface area (Å²) < 4.78 is 16.9. The predicted octanol–water partition coefficient (Wildman–Crippen LogP) is 23.7. The van der Waals surface area contributed by atoms with E-state index in [4.69, 9.17) is 14.2 Å². The standard InChI is InChI=1S/C77H124O6/c1-4-7-10-13-16-19-22-25-27-29-31-32-33-34-35-36-37-38-39-40-41-42-43-44-46-47-49-52-55-58-61-64-67-70-76(79)82-73-74(72-81-75(78)69-66-63-60-57-54-51-24-21-18-15-12-9-6-3)83-77(80)71-68-65-62-59-56-53-50-48-45-30-28-26-23-20-17-14-11-8-5-2/h7,10,12,15-17,19-21,24-28,31-32,34-35,37-38,40-41,43-45,48,74H,4-6,8-9,11,13-14,18,22-23,29-30,33,36,39,42,46-47,49-73H2,1-3H3/b10-7-,15-12-,19-16-,20-17-,24-21-,27-25-,28-26-,32-31-,35-34-,38-37-,41-40-,44-43-,48-45-. The third-order valence-electron chi connectivity index (χ3n) is 14.0. The minimum atomic E-state index is -0.803. The second-order valence-corrected chi connectivity index (χ2v) is 22.0. The molecule has 0 N–H and O–H groups in total. The molecule has 0 aliphatic heterocycles. The third kappa shape index (κ3) is 67.7. The van der Waals surface area contributed by atoms with Gasteiger partial charge in [0, 0.05) is 19.3 Å². The lowest BCUT2D eigenvalue weighted by atomic mass is 10.1. The Bertz CT molecular complexity index is 1840. The second-order valence-electron chi connectivity index (χ2n) is 22.0. The maximum absolute atomic E-state index is 12.9. The Morgan fingerprint density at radius 2 is 0.494 bits per heavy atom. The molecule has 0 aliphatic carbocycles. The van der Waals surface area contributed by atoms with E-state index >= 15 is 0 Å². The molecule has 0 radical (unpaired) electrons. The zero-order chi connectivity index (χ0) is 59.9. The van der Waals surface area contributed by atoms with Crippen LogP contribution >= 0.6 is 0 Å². The van der Waals surface area contributed by atoms with Crippen LogP contribution in [0, 0.1) is 0 Å². The number of ether oxygens (including phenoxy) is 3. The van der Waals surface area contributed by atoms with Gasteiger partial charge in [-0.05, 0) is 148 Å². The summed E-state index contributed by atoms with van der Waals surface area (Å²) in [6.45, 7) is 6.41. The Labute approximate surface area is 511 Å². The van der Waals surface area contributed by atoms with Crippen molar-refractivity contribution in [3.8, 4) is 0 Å². The van der Waals surface area contributed by atoms with Crippen LogP contribution in [0.3, 0.4) is 0 Å². The van der Waals surface area contributed by atoms with Crippen LogP contribution in [0.2, 0.25) is 0 Å². The number of hydrogen-bond donors (Lipinski definition) is 0. The highest BCUT2D eigenvalue weighted by molar-refractivity contribution is 5.71. The van der Waals surface area contributed by atoms with Crippen molar-refractivity contribution >= 4 is 17.9 Å². The van der Waals surface area contributed by atoms with E-state index in [2.05, 4.69) is 179 Å². The van der Waals surface area contributed by atoms with Crippen molar-refractivity contribution in [1.82, 2.24) is 0 Å². The fraction of sp³-hybridized carbons (Fsp3) is 0.623. The highest BCUT2D eigenvalue weighted by Gasteiger charge is 2.19. The quantitative estimate of drug-likeness (QED) is 0.0261. The lowest BCUT2D eigenvalue weighted by molar-refractivity contribution is -0.167. The Morgan fingerprint density at radius 1 is 0.253 bits per heavy atom. The van der Waals surface area contributed by atoms with Crippen molar-refractivity contribution in [3.63, 3.8) is 0 Å². The fourth-order valence-corrected chi connectivity index (χ4v) is 8.91. The molecule has 83 heavy (non-hydrogen) atoms. The molecule has 0 saturated carbocycles. The topological polar surface area (TPSA) is 78.9 Å². The van der Waals surface area contributed by atoms with Crippen LogP contribution in [0.25, 0.3) is 0 Å². The normalized spacial score (nSPS) is 13.1. The van der Waals surface area contributed by atoms with E-state index in [9.17, 15) is 14.4 Å². The van der Waals surface area contributed by atoms with Crippen molar-refractivity contribution in [2.24, 2.45) is 0 Å². The van der Waals surface area contributed by atoms with Gasteiger partial charge in [0.1, 0.15) is 13.2 Å². The van der Waals surface area contributed by atoms with Crippen LogP contribution in [0.4, 0.5) is 0 Å². The molecule has 0 saturated heterocycles. The van der Waals surface area contributed by atoms with E-state index in [1.807, 2.05) is 0 Å². The SMILES string of the molecule is CC/C=C\C/C=C\C/C=C\C/C=C\C/C=C\C/C=C\C/C=C\C/C=C\CCCCCCCCCCC(=O)OCC(COC(=O)CCCCCCC/C=C\C/C=C\CCC)OC(=O)CCCCCCCC/C=C\C/C=C\C/C=C\CCCCC. The summed E-state index contributed by atoms with van der Waals surface area (Å²) in [6, 6.07) is 0. The molecule has 6 heteroatoms. The van der Waals surface area contributed by atoms with Crippen LogP contribution in [-0.2, 0) is 28.6 Å². The molecule has 0 amide bonds. The molecule has 6 nitrogen and oxygen atoms in total. The molecule has 1 unspecified atom stereocenters. The smallest absolute Gasteiger partial charge is 0.306 e. The molecule has 0 aromatic heterocycles. The van der Waals surface area contributed by atoms with Gasteiger partial charge in [0.05, 0.1) is 0 Å². The molecule has 468 valence electrons. The van der Waals surface area contributed by atoms with Crippen molar-refractivity contribution in [2.45, 2.75) is 297 Å². The predicted molar refractivity (Wildman–Crippen MR) is 362 cm³/mol. The molecule has 0 heterocycles. The Hall–Kier alpha value is -4.97. The second kappa shape index (κ2) is 69.5. The molecule has 0 rings (SSSR count). The molecule has 0 aromatic carbocycles. The van der Waals surface area contributed by atoms with E-state index in [0.29, 0.717) is 19.3 Å². The van der Waals surface area contributed by atoms with Crippen molar-refractivity contribution in [3.05, 3.63) is 158 Å². The van der Waals surface area contributed by atoms with Crippen LogP contribution in [0.1, 0.15) is 290 Å². The minimum absolute atomic E-state index is 0.0977. The van der Waals surface area contributed by atoms with E-state index in [1.54, 1.807) is 0 Å². The van der Waals surface area contributed by atoms with Gasteiger partial charge in [0.25, 0.3) is 0 Å². The molecule has 0 fully saturated rings. The van der Waals surface area contributed by atoms with Gasteiger partial charge in [-0.3, -0.25) is 14.4 Å². The lowest BCUT2D eigenvalue weighted by Crippen LogP contribution is -2.30. The van der Waals surface area contributed by atoms with Crippen LogP contribution in [0.5, 0.6) is 0 Å². The monoisotopic (exact) mass is 1140 g/mol. The summed E-state index contributed by atoms with van der Waals surface area (Å²) in [6.07, 6.45) is 101. The summed E-state index contributed by atoms with van der Waals surface area (Å²) in [5.74, 6) is -0.932. The first-order valence-electron chi connectivity index (χ1n) is 34.0. The number of rotatable bonds is 60. The first-order chi connectivity index (χ1) is 41.0. The van der Waals surface area contributed by atoms with Gasteiger partial charge in [-0.25, -0.2) is 0 Å². The summed E-state index contributed by atoms with van der Waals surface area (Å²) in [5.41, 5.74) is 0. The largest absolute Gasteiger partial charge is 0.462 e. The molecule has 1 atom stereocenters. The molecule has 0 aliphatic rings. The first kappa shape index (κ1) is 78.0. The number of carbonyl (C=O) groups is 3. The third-order valence-corrected chi connectivity index (χ3v) is 14.0. The lowest BCUT2D eigenvalue weighted by Gasteiger charge is -2.18. The first-order valence-corrected chi connectivity index (χ1v) is 34.0. The van der Waals surface area contributed by atoms with Gasteiger partial charge >= 0.3 is 17.9 Å². The molecule has 0 aromatic rings. The Balaban J connectivity index is 4.34. The van der Waals surface area contributed by atoms with Crippen molar-refractivity contribution in [2.75, 3.05) is 13.2 Å². The number of esters is 3. The maximum atomic E-state index is 12.9. The van der Waals surface area contributed by atoms with Gasteiger partial charge in [-0.1, -0.05) is 281 Å². The summed E-state index contributed by atoms with van der Waals surface area (Å²) >= 11 is 0. The van der Waals surface area contributed by atoms with Crippen molar-refractivity contribution in [1.29, 1.82) is 0 Å². The van der Waals surface area contributed by atoms with Crippen LogP contribution in [0.15, 0.2) is 158 Å².